The molecular weight excluding hydrogens is 444 g/mol. The van der Waals surface area contributed by atoms with Crippen molar-refractivity contribution in [3.8, 4) is 0 Å². The number of ether oxygens (including phenoxy) is 3. The number of carbonyl (C=O) groups excluding carboxylic acids is 2. The molecule has 2 aliphatic heterocycles. The Hall–Kier alpha value is -2.64. The largest absolute Gasteiger partial charge is 0.446 e. The molecule has 4 rings (SSSR count). The Morgan fingerprint density at radius 3 is 2.69 bits per heavy atom. The van der Waals surface area contributed by atoms with E-state index in [4.69, 9.17) is 14.2 Å². The van der Waals surface area contributed by atoms with Crippen LogP contribution in [0.5, 0.6) is 0 Å². The minimum absolute atomic E-state index is 0.148. The van der Waals surface area contributed by atoms with Crippen LogP contribution in [0.2, 0.25) is 0 Å². The van der Waals surface area contributed by atoms with Crippen molar-refractivity contribution in [1.82, 2.24) is 10.6 Å². The molecule has 7 nitrogen and oxygen atoms in total. The van der Waals surface area contributed by atoms with Crippen molar-refractivity contribution in [3.05, 3.63) is 60.2 Å². The van der Waals surface area contributed by atoms with E-state index < -0.39 is 12.1 Å². The van der Waals surface area contributed by atoms with E-state index in [-0.39, 0.29) is 35.2 Å². The van der Waals surface area contributed by atoms with Crippen LogP contribution in [-0.4, -0.2) is 54.6 Å². The van der Waals surface area contributed by atoms with Crippen LogP contribution in [-0.2, 0) is 25.4 Å². The molecule has 2 amide bonds. The minimum atomic E-state index is -0.736. The molecule has 1 saturated carbocycles. The molecule has 3 fully saturated rings. The van der Waals surface area contributed by atoms with Crippen LogP contribution in [0.1, 0.15) is 52.0 Å². The number of carbonyl (C=O) groups is 2. The summed E-state index contributed by atoms with van der Waals surface area (Å²) in [4.78, 5) is 25.6. The number of allylic oxidation sites excluding steroid dienone is 1. The fraction of sp³-hybridized carbons (Fsp3) is 0.571. The van der Waals surface area contributed by atoms with Gasteiger partial charge in [-0.15, -0.1) is 6.58 Å². The van der Waals surface area contributed by atoms with E-state index in [9.17, 15) is 9.59 Å². The van der Waals surface area contributed by atoms with Gasteiger partial charge in [-0.3, -0.25) is 4.79 Å². The van der Waals surface area contributed by atoms with Gasteiger partial charge in [0.25, 0.3) is 0 Å². The number of hydrogen-bond donors (Lipinski definition) is 2. The van der Waals surface area contributed by atoms with Gasteiger partial charge in [-0.1, -0.05) is 48.1 Å². The summed E-state index contributed by atoms with van der Waals surface area (Å²) in [6.45, 7) is 11.1. The van der Waals surface area contributed by atoms with E-state index in [0.29, 0.717) is 19.4 Å². The number of nitrogens with one attached hydrogen (secondary N) is 2. The third-order valence-electron chi connectivity index (χ3n) is 7.53. The summed E-state index contributed by atoms with van der Waals surface area (Å²) in [6.07, 6.45) is 6.72. The monoisotopic (exact) mass is 482 g/mol. The standard InChI is InChI=1S/C28H38N2O5/c1-5-15-29-25(31)22(16-20-9-7-6-8-10-20)30-26(32)34-21-13-14-28(18-33-28)23(17-21)27(4)24(35-27)12-11-19(2)3/h5-11,21-24H,1,12-18H2,2-4H3,(H,29,31)(H,30,32)/t21-,22-,23-,24-,27-,28+/m1/s1. The van der Waals surface area contributed by atoms with E-state index >= 15 is 0 Å². The normalized spacial score (nSPS) is 31.7. The maximum atomic E-state index is 12.9. The second-order valence-corrected chi connectivity index (χ2v) is 10.4. The molecule has 3 aliphatic rings. The lowest BCUT2D eigenvalue weighted by molar-refractivity contribution is -0.122. The third-order valence-corrected chi connectivity index (χ3v) is 7.53. The molecule has 1 aliphatic carbocycles. The van der Waals surface area contributed by atoms with E-state index in [2.05, 4.69) is 44.1 Å². The highest BCUT2D eigenvalue weighted by Gasteiger charge is 2.68. The fourth-order valence-corrected chi connectivity index (χ4v) is 5.36. The maximum Gasteiger partial charge on any atom is 0.408 e. The molecule has 2 heterocycles. The topological polar surface area (TPSA) is 92.5 Å². The molecule has 2 N–H and O–H groups in total. The van der Waals surface area contributed by atoms with Gasteiger partial charge in [0, 0.05) is 18.9 Å². The number of benzene rings is 1. The van der Waals surface area contributed by atoms with Crippen molar-refractivity contribution in [2.45, 2.75) is 82.3 Å². The van der Waals surface area contributed by atoms with Crippen LogP contribution in [0.4, 0.5) is 4.79 Å². The quantitative estimate of drug-likeness (QED) is 0.387. The lowest BCUT2D eigenvalue weighted by atomic mass is 9.70. The number of hydrogen-bond acceptors (Lipinski definition) is 5. The number of alkyl carbamates (subject to hydrolysis) is 1. The Bertz CT molecular complexity index is 953. The van der Waals surface area contributed by atoms with E-state index in [1.54, 1.807) is 6.08 Å². The van der Waals surface area contributed by atoms with Crippen molar-refractivity contribution in [3.63, 3.8) is 0 Å². The zero-order valence-electron chi connectivity index (χ0n) is 21.0. The molecule has 1 spiro atoms. The molecule has 190 valence electrons. The van der Waals surface area contributed by atoms with E-state index in [1.165, 1.54) is 5.57 Å². The van der Waals surface area contributed by atoms with Gasteiger partial charge in [-0.25, -0.2) is 4.79 Å². The summed E-state index contributed by atoms with van der Waals surface area (Å²) in [5.74, 6) is -0.0910. The first kappa shape index (κ1) is 25.5. The molecule has 1 aromatic rings. The summed E-state index contributed by atoms with van der Waals surface area (Å²) in [5.41, 5.74) is 1.83. The average molecular weight is 483 g/mol. The van der Waals surface area contributed by atoms with Crippen LogP contribution in [0.25, 0.3) is 0 Å². The third kappa shape index (κ3) is 6.14. The molecule has 1 aromatic carbocycles. The van der Waals surface area contributed by atoms with Gasteiger partial charge < -0.3 is 24.8 Å². The van der Waals surface area contributed by atoms with Gasteiger partial charge in [-0.05, 0) is 52.0 Å². The Morgan fingerprint density at radius 2 is 2.03 bits per heavy atom. The molecular formula is C28H38N2O5. The van der Waals surface area contributed by atoms with E-state index in [1.807, 2.05) is 30.3 Å². The number of rotatable bonds is 10. The highest BCUT2D eigenvalue weighted by molar-refractivity contribution is 5.86. The Balaban J connectivity index is 1.36. The Labute approximate surface area is 208 Å². The number of amides is 2. The van der Waals surface area contributed by atoms with Crippen molar-refractivity contribution in [1.29, 1.82) is 0 Å². The average Bonchev–Trinajstić information content (AvgIpc) is 3.75. The van der Waals surface area contributed by atoms with Gasteiger partial charge in [0.1, 0.15) is 12.1 Å². The lowest BCUT2D eigenvalue weighted by Crippen LogP contribution is -2.50. The van der Waals surface area contributed by atoms with Crippen molar-refractivity contribution in [2.75, 3.05) is 13.2 Å². The second kappa shape index (κ2) is 10.5. The summed E-state index contributed by atoms with van der Waals surface area (Å²) in [5, 5.41) is 5.57. The molecule has 7 heteroatoms. The second-order valence-electron chi connectivity index (χ2n) is 10.4. The SMILES string of the molecule is C=CCNC(=O)[C@@H](Cc1ccccc1)NC(=O)O[C@@H]1CC[C@]2(CO2)[C@@H]([C@@]2(C)O[C@@H]2CC=C(C)C)C1. The van der Waals surface area contributed by atoms with Crippen LogP contribution in [0, 0.1) is 5.92 Å². The predicted octanol–water partition coefficient (Wildman–Crippen LogP) is 4.08. The molecule has 0 unspecified atom stereocenters. The Kier molecular flexibility index (Phi) is 7.67. The van der Waals surface area contributed by atoms with Crippen molar-refractivity contribution in [2.24, 2.45) is 5.92 Å². The van der Waals surface area contributed by atoms with Gasteiger partial charge in [-0.2, -0.15) is 0 Å². The summed E-state index contributed by atoms with van der Waals surface area (Å²) in [6, 6.07) is 8.88. The molecule has 35 heavy (non-hydrogen) atoms. The van der Waals surface area contributed by atoms with Crippen molar-refractivity contribution < 1.29 is 23.8 Å². The van der Waals surface area contributed by atoms with E-state index in [0.717, 1.165) is 31.4 Å². The fourth-order valence-electron chi connectivity index (χ4n) is 5.36. The van der Waals surface area contributed by atoms with Gasteiger partial charge in [0.15, 0.2) is 0 Å². The molecule has 2 saturated heterocycles. The summed E-state index contributed by atoms with van der Waals surface area (Å²) in [7, 11) is 0. The minimum Gasteiger partial charge on any atom is -0.446 e. The predicted molar refractivity (Wildman–Crippen MR) is 134 cm³/mol. The van der Waals surface area contributed by atoms with Gasteiger partial charge in [0.05, 0.1) is 23.9 Å². The van der Waals surface area contributed by atoms with Crippen molar-refractivity contribution >= 4 is 12.0 Å². The lowest BCUT2D eigenvalue weighted by Gasteiger charge is -2.36. The highest BCUT2D eigenvalue weighted by Crippen LogP contribution is 2.59. The number of epoxide rings is 2. The Morgan fingerprint density at radius 1 is 1.29 bits per heavy atom. The first-order chi connectivity index (χ1) is 16.8. The van der Waals surface area contributed by atoms with Crippen LogP contribution in [0.15, 0.2) is 54.6 Å². The molecule has 0 aromatic heterocycles. The summed E-state index contributed by atoms with van der Waals surface area (Å²) >= 11 is 0. The zero-order valence-corrected chi connectivity index (χ0v) is 21.0. The first-order valence-corrected chi connectivity index (χ1v) is 12.6. The smallest absolute Gasteiger partial charge is 0.408 e. The van der Waals surface area contributed by atoms with Gasteiger partial charge >= 0.3 is 6.09 Å². The first-order valence-electron chi connectivity index (χ1n) is 12.6. The molecule has 0 bridgehead atoms. The molecule has 6 atom stereocenters. The van der Waals surface area contributed by atoms with Crippen LogP contribution in [0.3, 0.4) is 0 Å². The zero-order chi connectivity index (χ0) is 25.1. The molecule has 0 radical (unpaired) electrons. The van der Waals surface area contributed by atoms with Crippen LogP contribution < -0.4 is 10.6 Å². The summed E-state index contributed by atoms with van der Waals surface area (Å²) < 4.78 is 18.0. The van der Waals surface area contributed by atoms with Crippen LogP contribution >= 0.6 is 0 Å². The van der Waals surface area contributed by atoms with Gasteiger partial charge in [0.2, 0.25) is 5.91 Å². The highest BCUT2D eigenvalue weighted by atomic mass is 16.6. The maximum absolute atomic E-state index is 12.9.